The second kappa shape index (κ2) is 5.38. The molecule has 2 N–H and O–H groups in total. The fourth-order valence-electron chi connectivity index (χ4n) is 2.38. The van der Waals surface area contributed by atoms with Gasteiger partial charge in [0.15, 0.2) is 0 Å². The van der Waals surface area contributed by atoms with Crippen LogP contribution in [0.5, 0.6) is 0 Å². The largest absolute Gasteiger partial charge is 0.321 e. The normalized spacial score (nSPS) is 10.9. The highest BCUT2D eigenvalue weighted by atomic mass is 32.1. The first-order valence-electron chi connectivity index (χ1n) is 6.84. The van der Waals surface area contributed by atoms with Crippen LogP contribution in [0.3, 0.4) is 0 Å². The van der Waals surface area contributed by atoms with Gasteiger partial charge in [-0.1, -0.05) is 12.1 Å². The van der Waals surface area contributed by atoms with E-state index in [1.54, 1.807) is 13.8 Å². The second-order valence-corrected chi connectivity index (χ2v) is 6.21. The first-order chi connectivity index (χ1) is 10.5. The minimum absolute atomic E-state index is 0.203. The Balaban J connectivity index is 2.03. The zero-order valence-electron chi connectivity index (χ0n) is 12.5. The van der Waals surface area contributed by atoms with Gasteiger partial charge in [-0.3, -0.25) is 9.59 Å². The fourth-order valence-corrected chi connectivity index (χ4v) is 3.50. The van der Waals surface area contributed by atoms with Crippen molar-refractivity contribution in [3.8, 4) is 0 Å². The lowest BCUT2D eigenvalue weighted by Gasteiger charge is -2.05. The lowest BCUT2D eigenvalue weighted by molar-refractivity contribution is 0.103. The summed E-state index contributed by atoms with van der Waals surface area (Å²) in [5.74, 6) is 0.326. The van der Waals surface area contributed by atoms with Gasteiger partial charge in [-0.05, 0) is 44.0 Å². The Hall–Kier alpha value is -2.47. The summed E-state index contributed by atoms with van der Waals surface area (Å²) in [6.45, 7) is 5.46. The van der Waals surface area contributed by atoms with Crippen molar-refractivity contribution in [3.05, 3.63) is 56.4 Å². The maximum atomic E-state index is 12.5. The Bertz CT molecular complexity index is 940. The van der Waals surface area contributed by atoms with Gasteiger partial charge < -0.3 is 10.3 Å². The van der Waals surface area contributed by atoms with Crippen molar-refractivity contribution in [2.24, 2.45) is 0 Å². The van der Waals surface area contributed by atoms with Gasteiger partial charge in [-0.25, -0.2) is 4.98 Å². The summed E-state index contributed by atoms with van der Waals surface area (Å²) in [6, 6.07) is 7.59. The van der Waals surface area contributed by atoms with Crippen molar-refractivity contribution >= 4 is 33.1 Å². The van der Waals surface area contributed by atoms with Gasteiger partial charge in [0.25, 0.3) is 11.5 Å². The Morgan fingerprint density at radius 3 is 2.77 bits per heavy atom. The van der Waals surface area contributed by atoms with Crippen molar-refractivity contribution in [3.63, 3.8) is 0 Å². The van der Waals surface area contributed by atoms with Crippen LogP contribution < -0.4 is 10.9 Å². The number of nitrogens with one attached hydrogen (secondary N) is 2. The Kier molecular flexibility index (Phi) is 3.54. The van der Waals surface area contributed by atoms with Crippen LogP contribution in [0.1, 0.15) is 26.6 Å². The monoisotopic (exact) mass is 313 g/mol. The van der Waals surface area contributed by atoms with Crippen LogP contribution >= 0.6 is 11.3 Å². The minimum Gasteiger partial charge on any atom is -0.321 e. The molecule has 22 heavy (non-hydrogen) atoms. The minimum atomic E-state index is -0.219. The predicted octanol–water partition coefficient (Wildman–Crippen LogP) is 3.16. The molecule has 0 fully saturated rings. The number of carbonyl (C=O) groups is 1. The van der Waals surface area contributed by atoms with E-state index < -0.39 is 0 Å². The number of aryl methyl sites for hydroxylation is 3. The highest BCUT2D eigenvalue weighted by molar-refractivity contribution is 7.20. The molecule has 0 spiro atoms. The van der Waals surface area contributed by atoms with Gasteiger partial charge in [0, 0.05) is 5.69 Å². The van der Waals surface area contributed by atoms with Crippen molar-refractivity contribution in [1.82, 2.24) is 9.97 Å². The quantitative estimate of drug-likeness (QED) is 0.763. The summed E-state index contributed by atoms with van der Waals surface area (Å²) in [7, 11) is 0. The smallest absolute Gasteiger partial charge is 0.266 e. The third-order valence-corrected chi connectivity index (χ3v) is 4.59. The van der Waals surface area contributed by atoms with Crippen LogP contribution in [0, 0.1) is 20.8 Å². The Morgan fingerprint density at radius 1 is 1.27 bits per heavy atom. The van der Waals surface area contributed by atoms with E-state index in [9.17, 15) is 9.59 Å². The van der Waals surface area contributed by atoms with Gasteiger partial charge in [-0.15, -0.1) is 11.3 Å². The number of hydrogen-bond acceptors (Lipinski definition) is 4. The Labute approximate surface area is 131 Å². The van der Waals surface area contributed by atoms with E-state index in [2.05, 4.69) is 15.3 Å². The van der Waals surface area contributed by atoms with E-state index >= 15 is 0 Å². The summed E-state index contributed by atoms with van der Waals surface area (Å²) in [5, 5.41) is 3.36. The van der Waals surface area contributed by atoms with E-state index in [0.717, 1.165) is 11.3 Å². The zero-order valence-corrected chi connectivity index (χ0v) is 13.3. The molecule has 0 saturated heterocycles. The van der Waals surface area contributed by atoms with Crippen LogP contribution in [0.25, 0.3) is 10.2 Å². The molecule has 0 atom stereocenters. The molecule has 0 radical (unpaired) electrons. The summed E-state index contributed by atoms with van der Waals surface area (Å²) < 4.78 is 0. The van der Waals surface area contributed by atoms with Gasteiger partial charge in [0.1, 0.15) is 10.7 Å². The number of thiophene rings is 1. The van der Waals surface area contributed by atoms with E-state index in [1.165, 1.54) is 11.3 Å². The van der Waals surface area contributed by atoms with Crippen molar-refractivity contribution in [2.75, 3.05) is 5.32 Å². The number of aromatic amines is 1. The van der Waals surface area contributed by atoms with Crippen LogP contribution in [0.15, 0.2) is 29.1 Å². The molecular formula is C16H15N3O2S. The summed E-state index contributed by atoms with van der Waals surface area (Å²) in [6.07, 6.45) is 0. The summed E-state index contributed by atoms with van der Waals surface area (Å²) >= 11 is 1.24. The SMILES string of the molecule is Cc1cccc(NC(=O)c2sc3nc(C)[nH]c(=O)c3c2C)c1. The van der Waals surface area contributed by atoms with Crippen LogP contribution in [0.2, 0.25) is 0 Å². The number of amides is 1. The molecule has 6 heteroatoms. The van der Waals surface area contributed by atoms with E-state index in [1.807, 2.05) is 31.2 Å². The molecule has 2 heterocycles. The molecule has 0 aliphatic carbocycles. The average Bonchev–Trinajstić information content (AvgIpc) is 2.76. The topological polar surface area (TPSA) is 74.8 Å². The number of fused-ring (bicyclic) bond motifs is 1. The van der Waals surface area contributed by atoms with Crippen LogP contribution in [-0.2, 0) is 0 Å². The lowest BCUT2D eigenvalue weighted by Crippen LogP contribution is -2.12. The highest BCUT2D eigenvalue weighted by Gasteiger charge is 2.19. The maximum Gasteiger partial charge on any atom is 0.266 e. The number of hydrogen-bond donors (Lipinski definition) is 2. The van der Waals surface area contributed by atoms with Crippen molar-refractivity contribution < 1.29 is 4.79 Å². The first-order valence-corrected chi connectivity index (χ1v) is 7.65. The molecule has 1 amide bonds. The zero-order chi connectivity index (χ0) is 15.9. The predicted molar refractivity (Wildman–Crippen MR) is 88.8 cm³/mol. The lowest BCUT2D eigenvalue weighted by atomic mass is 10.2. The molecule has 0 saturated carbocycles. The number of benzene rings is 1. The molecule has 0 aliphatic heterocycles. The van der Waals surface area contributed by atoms with Gasteiger partial charge in [0.05, 0.1) is 10.3 Å². The van der Waals surface area contributed by atoms with E-state index in [-0.39, 0.29) is 11.5 Å². The molecule has 2 aromatic heterocycles. The molecule has 112 valence electrons. The number of anilines is 1. The molecule has 3 aromatic rings. The molecular weight excluding hydrogens is 298 g/mol. The molecule has 0 unspecified atom stereocenters. The van der Waals surface area contributed by atoms with Crippen LogP contribution in [-0.4, -0.2) is 15.9 Å². The van der Waals surface area contributed by atoms with Crippen LogP contribution in [0.4, 0.5) is 5.69 Å². The van der Waals surface area contributed by atoms with Gasteiger partial charge in [-0.2, -0.15) is 0 Å². The highest BCUT2D eigenvalue weighted by Crippen LogP contribution is 2.27. The first kappa shape index (κ1) is 14.5. The third-order valence-electron chi connectivity index (χ3n) is 3.40. The van der Waals surface area contributed by atoms with Crippen molar-refractivity contribution in [1.29, 1.82) is 0 Å². The van der Waals surface area contributed by atoms with E-state index in [4.69, 9.17) is 0 Å². The molecule has 5 nitrogen and oxygen atoms in total. The molecule has 0 aliphatic rings. The number of H-pyrrole nitrogens is 1. The molecule has 3 rings (SSSR count). The third kappa shape index (κ3) is 2.53. The van der Waals surface area contributed by atoms with Gasteiger partial charge >= 0.3 is 0 Å². The second-order valence-electron chi connectivity index (χ2n) is 5.21. The summed E-state index contributed by atoms with van der Waals surface area (Å²) in [4.78, 5) is 32.6. The summed E-state index contributed by atoms with van der Waals surface area (Å²) in [5.41, 5.74) is 2.27. The van der Waals surface area contributed by atoms with E-state index in [0.29, 0.717) is 26.5 Å². The Morgan fingerprint density at radius 2 is 2.05 bits per heavy atom. The number of aromatic nitrogens is 2. The number of rotatable bonds is 2. The number of nitrogens with zero attached hydrogens (tertiary/aromatic N) is 1. The fraction of sp³-hybridized carbons (Fsp3) is 0.188. The number of carbonyl (C=O) groups excluding carboxylic acids is 1. The molecule has 1 aromatic carbocycles. The van der Waals surface area contributed by atoms with Gasteiger partial charge in [0.2, 0.25) is 0 Å². The maximum absolute atomic E-state index is 12.5. The molecule has 0 bridgehead atoms. The average molecular weight is 313 g/mol. The van der Waals surface area contributed by atoms with Crippen molar-refractivity contribution in [2.45, 2.75) is 20.8 Å². The standard InChI is InChI=1S/C16H15N3O2S/c1-8-5-4-6-11(7-8)19-15(21)13-9(2)12-14(20)17-10(3)18-16(12)22-13/h4-7H,1-3H3,(H,19,21)(H,17,18,20).